The summed E-state index contributed by atoms with van der Waals surface area (Å²) in [6.45, 7) is 5.40. The lowest BCUT2D eigenvalue weighted by Gasteiger charge is -2.27. The third-order valence-corrected chi connectivity index (χ3v) is 2.46. The zero-order valence-electron chi connectivity index (χ0n) is 10.7. The zero-order chi connectivity index (χ0) is 13.2. The summed E-state index contributed by atoms with van der Waals surface area (Å²) in [5, 5.41) is 12.0. The summed E-state index contributed by atoms with van der Waals surface area (Å²) in [6, 6.07) is -0.648. The summed E-state index contributed by atoms with van der Waals surface area (Å²) in [4.78, 5) is 24.7. The van der Waals surface area contributed by atoms with Crippen LogP contribution in [0.25, 0.3) is 0 Å². The lowest BCUT2D eigenvalue weighted by atomic mass is 10.2. The second kappa shape index (κ2) is 4.91. The first-order chi connectivity index (χ1) is 7.74. The maximum Gasteiger partial charge on any atom is 0.411 e. The van der Waals surface area contributed by atoms with Crippen LogP contribution in [0.2, 0.25) is 0 Å². The molecule has 1 saturated heterocycles. The van der Waals surface area contributed by atoms with Crippen LogP contribution in [0.4, 0.5) is 4.79 Å². The van der Waals surface area contributed by atoms with Crippen molar-refractivity contribution in [2.75, 3.05) is 13.6 Å². The number of nitrogens with one attached hydrogen (secondary N) is 1. The fourth-order valence-electron chi connectivity index (χ4n) is 1.75. The highest BCUT2D eigenvalue weighted by molar-refractivity contribution is 5.86. The Labute approximate surface area is 101 Å². The minimum absolute atomic E-state index is 0.132. The van der Waals surface area contributed by atoms with Crippen LogP contribution in [0.1, 0.15) is 27.2 Å². The SMILES string of the molecule is CNC(=O)[C@H]1C[C@H](O)CN1C(=O)OC(C)(C)C. The first-order valence-corrected chi connectivity index (χ1v) is 5.64. The molecule has 0 radical (unpaired) electrons. The second-order valence-corrected chi connectivity index (χ2v) is 5.15. The molecule has 0 unspecified atom stereocenters. The van der Waals surface area contributed by atoms with E-state index in [1.54, 1.807) is 20.8 Å². The molecule has 1 fully saturated rings. The lowest BCUT2D eigenvalue weighted by molar-refractivity contribution is -0.125. The number of aliphatic hydroxyl groups is 1. The van der Waals surface area contributed by atoms with E-state index in [-0.39, 0.29) is 18.9 Å². The number of hydrogen-bond acceptors (Lipinski definition) is 4. The molecule has 2 atom stereocenters. The monoisotopic (exact) mass is 244 g/mol. The number of rotatable bonds is 1. The van der Waals surface area contributed by atoms with E-state index in [1.807, 2.05) is 0 Å². The first kappa shape index (κ1) is 13.8. The number of amides is 2. The molecule has 0 aromatic heterocycles. The van der Waals surface area contributed by atoms with Crippen molar-refractivity contribution in [1.29, 1.82) is 0 Å². The van der Waals surface area contributed by atoms with Gasteiger partial charge in [0.1, 0.15) is 11.6 Å². The maximum atomic E-state index is 11.8. The van der Waals surface area contributed by atoms with Crippen LogP contribution in [0.3, 0.4) is 0 Å². The van der Waals surface area contributed by atoms with E-state index in [0.29, 0.717) is 0 Å². The molecule has 2 amide bonds. The van der Waals surface area contributed by atoms with Crippen molar-refractivity contribution < 1.29 is 19.4 Å². The number of aliphatic hydroxyl groups excluding tert-OH is 1. The Kier molecular flexibility index (Phi) is 3.98. The van der Waals surface area contributed by atoms with Crippen LogP contribution in [0, 0.1) is 0 Å². The Morgan fingerprint density at radius 1 is 1.41 bits per heavy atom. The third-order valence-electron chi connectivity index (χ3n) is 2.46. The van der Waals surface area contributed by atoms with Crippen molar-refractivity contribution >= 4 is 12.0 Å². The molecule has 1 heterocycles. The van der Waals surface area contributed by atoms with Gasteiger partial charge < -0.3 is 15.2 Å². The fraction of sp³-hybridized carbons (Fsp3) is 0.818. The summed E-state index contributed by atoms with van der Waals surface area (Å²) in [6.07, 6.45) is -0.994. The molecule has 0 saturated carbocycles. The minimum Gasteiger partial charge on any atom is -0.444 e. The van der Waals surface area contributed by atoms with Gasteiger partial charge in [0.15, 0.2) is 0 Å². The predicted octanol–water partition coefficient (Wildman–Crippen LogP) is 0.103. The Morgan fingerprint density at radius 3 is 2.47 bits per heavy atom. The van der Waals surface area contributed by atoms with Crippen molar-refractivity contribution in [3.05, 3.63) is 0 Å². The Balaban J connectivity index is 2.73. The van der Waals surface area contributed by atoms with E-state index in [1.165, 1.54) is 11.9 Å². The molecular formula is C11H20N2O4. The largest absolute Gasteiger partial charge is 0.444 e. The smallest absolute Gasteiger partial charge is 0.411 e. The first-order valence-electron chi connectivity index (χ1n) is 5.64. The Bertz CT molecular complexity index is 311. The molecule has 1 rings (SSSR count). The highest BCUT2D eigenvalue weighted by Gasteiger charge is 2.40. The van der Waals surface area contributed by atoms with Gasteiger partial charge in [-0.25, -0.2) is 4.79 Å². The average molecular weight is 244 g/mol. The third kappa shape index (κ3) is 3.59. The van der Waals surface area contributed by atoms with E-state index in [9.17, 15) is 14.7 Å². The number of likely N-dealkylation sites (tertiary alicyclic amines) is 1. The minimum atomic E-state index is -0.676. The molecule has 17 heavy (non-hydrogen) atoms. The van der Waals surface area contributed by atoms with Gasteiger partial charge in [-0.2, -0.15) is 0 Å². The van der Waals surface area contributed by atoms with E-state index in [0.717, 1.165) is 0 Å². The van der Waals surface area contributed by atoms with Crippen LogP contribution in [-0.2, 0) is 9.53 Å². The maximum absolute atomic E-state index is 11.8. The van der Waals surface area contributed by atoms with E-state index < -0.39 is 23.8 Å². The quantitative estimate of drug-likeness (QED) is 0.686. The number of β-amino-alcohol motifs (C(OH)–C–C–N with tert-alkyl or cyclic N) is 1. The molecular weight excluding hydrogens is 224 g/mol. The number of carbonyl (C=O) groups is 2. The summed E-state index contributed by atoms with van der Waals surface area (Å²) in [7, 11) is 1.50. The molecule has 6 heteroatoms. The predicted molar refractivity (Wildman–Crippen MR) is 61.4 cm³/mol. The van der Waals surface area contributed by atoms with Crippen LogP contribution >= 0.6 is 0 Å². The zero-order valence-corrected chi connectivity index (χ0v) is 10.7. The number of hydrogen-bond donors (Lipinski definition) is 2. The van der Waals surface area contributed by atoms with Crippen LogP contribution in [-0.4, -0.2) is 53.3 Å². The highest BCUT2D eigenvalue weighted by atomic mass is 16.6. The van der Waals surface area contributed by atoms with Crippen molar-refractivity contribution in [3.8, 4) is 0 Å². The molecule has 0 bridgehead atoms. The molecule has 0 spiro atoms. The van der Waals surface area contributed by atoms with Crippen LogP contribution in [0.5, 0.6) is 0 Å². The fourth-order valence-corrected chi connectivity index (χ4v) is 1.75. The van der Waals surface area contributed by atoms with Gasteiger partial charge in [0.25, 0.3) is 0 Å². The number of ether oxygens (including phenoxy) is 1. The van der Waals surface area contributed by atoms with Gasteiger partial charge in [0.05, 0.1) is 12.6 Å². The van der Waals surface area contributed by atoms with Crippen LogP contribution in [0.15, 0.2) is 0 Å². The van der Waals surface area contributed by atoms with Gasteiger partial charge in [0, 0.05) is 13.5 Å². The number of likely N-dealkylation sites (N-methyl/N-ethyl adjacent to an activating group) is 1. The molecule has 0 aromatic carbocycles. The molecule has 6 nitrogen and oxygen atoms in total. The van der Waals surface area contributed by atoms with E-state index >= 15 is 0 Å². The van der Waals surface area contributed by atoms with E-state index in [2.05, 4.69) is 5.32 Å². The molecule has 1 aliphatic heterocycles. The molecule has 2 N–H and O–H groups in total. The molecule has 0 aromatic rings. The summed E-state index contributed by atoms with van der Waals surface area (Å²) in [5.74, 6) is -0.285. The molecule has 98 valence electrons. The lowest BCUT2D eigenvalue weighted by Crippen LogP contribution is -2.46. The van der Waals surface area contributed by atoms with Crippen molar-refractivity contribution in [1.82, 2.24) is 10.2 Å². The van der Waals surface area contributed by atoms with Gasteiger partial charge in [-0.05, 0) is 20.8 Å². The van der Waals surface area contributed by atoms with Crippen molar-refractivity contribution in [2.45, 2.75) is 44.9 Å². The summed E-state index contributed by atoms with van der Waals surface area (Å²) in [5.41, 5.74) is -0.613. The van der Waals surface area contributed by atoms with Gasteiger partial charge in [0.2, 0.25) is 5.91 Å². The van der Waals surface area contributed by atoms with Gasteiger partial charge >= 0.3 is 6.09 Å². The van der Waals surface area contributed by atoms with Crippen molar-refractivity contribution in [2.24, 2.45) is 0 Å². The standard InChI is InChI=1S/C11H20N2O4/c1-11(2,3)17-10(16)13-6-7(14)5-8(13)9(15)12-4/h7-8,14H,5-6H2,1-4H3,(H,12,15)/t7-,8+/m0/s1. The normalized spacial score (nSPS) is 24.6. The van der Waals surface area contributed by atoms with Gasteiger partial charge in [-0.1, -0.05) is 0 Å². The van der Waals surface area contributed by atoms with E-state index in [4.69, 9.17) is 4.74 Å². The van der Waals surface area contributed by atoms with Crippen molar-refractivity contribution in [3.63, 3.8) is 0 Å². The topological polar surface area (TPSA) is 78.9 Å². The molecule has 0 aliphatic carbocycles. The second-order valence-electron chi connectivity index (χ2n) is 5.15. The Morgan fingerprint density at radius 2 is 2.00 bits per heavy atom. The summed E-state index contributed by atoms with van der Waals surface area (Å²) >= 11 is 0. The number of carbonyl (C=O) groups excluding carboxylic acids is 2. The Hall–Kier alpha value is -1.30. The van der Waals surface area contributed by atoms with Gasteiger partial charge in [-0.3, -0.25) is 9.69 Å². The van der Waals surface area contributed by atoms with Crippen LogP contribution < -0.4 is 5.32 Å². The number of nitrogens with zero attached hydrogens (tertiary/aromatic N) is 1. The van der Waals surface area contributed by atoms with Gasteiger partial charge in [-0.15, -0.1) is 0 Å². The molecule has 1 aliphatic rings. The highest BCUT2D eigenvalue weighted by Crippen LogP contribution is 2.21. The summed E-state index contributed by atoms with van der Waals surface area (Å²) < 4.78 is 5.19. The average Bonchev–Trinajstić information content (AvgIpc) is 2.56.